The molecule has 1 aliphatic rings. The fourth-order valence-corrected chi connectivity index (χ4v) is 4.17. The fraction of sp³-hybridized carbons (Fsp3) is 0.625. The third-order valence-corrected chi connectivity index (χ3v) is 5.83. The first-order valence-corrected chi connectivity index (χ1v) is 8.34. The highest BCUT2D eigenvalue weighted by molar-refractivity contribution is 8.00. The second-order valence-electron chi connectivity index (χ2n) is 6.02. The van der Waals surface area contributed by atoms with Gasteiger partial charge in [-0.05, 0) is 38.0 Å². The lowest BCUT2D eigenvalue weighted by Gasteiger charge is -2.49. The van der Waals surface area contributed by atoms with E-state index in [-0.39, 0.29) is 11.4 Å². The van der Waals surface area contributed by atoms with Gasteiger partial charge in [0.1, 0.15) is 5.82 Å². The molecule has 0 aliphatic carbocycles. The van der Waals surface area contributed by atoms with Gasteiger partial charge in [0.2, 0.25) is 0 Å². The molecule has 1 fully saturated rings. The zero-order valence-electron chi connectivity index (χ0n) is 12.6. The highest BCUT2D eigenvalue weighted by Crippen LogP contribution is 2.31. The van der Waals surface area contributed by atoms with Gasteiger partial charge >= 0.3 is 0 Å². The second kappa shape index (κ2) is 6.46. The lowest BCUT2D eigenvalue weighted by Crippen LogP contribution is -2.60. The summed E-state index contributed by atoms with van der Waals surface area (Å²) in [6.45, 7) is 8.40. The first-order chi connectivity index (χ1) is 9.46. The average Bonchev–Trinajstić information content (AvgIpc) is 2.41. The van der Waals surface area contributed by atoms with Crippen molar-refractivity contribution >= 4 is 11.8 Å². The normalized spacial score (nSPS) is 27.2. The van der Waals surface area contributed by atoms with Crippen LogP contribution in [0.3, 0.4) is 0 Å². The lowest BCUT2D eigenvalue weighted by molar-refractivity contribution is 0.0714. The summed E-state index contributed by atoms with van der Waals surface area (Å²) >= 11 is 2.02. The summed E-state index contributed by atoms with van der Waals surface area (Å²) in [5, 5.41) is 0.613. The van der Waals surface area contributed by atoms with E-state index in [9.17, 15) is 4.39 Å². The minimum absolute atomic E-state index is 0.109. The quantitative estimate of drug-likeness (QED) is 0.926. The maximum absolute atomic E-state index is 13.4. The third-order valence-electron chi connectivity index (χ3n) is 4.49. The van der Waals surface area contributed by atoms with Gasteiger partial charge in [0.25, 0.3) is 0 Å². The summed E-state index contributed by atoms with van der Waals surface area (Å²) in [6, 6.07) is 7.38. The van der Waals surface area contributed by atoms with Crippen molar-refractivity contribution in [2.75, 3.05) is 18.8 Å². The topological polar surface area (TPSA) is 29.3 Å². The maximum Gasteiger partial charge on any atom is 0.123 e. The molecule has 1 aromatic rings. The molecule has 2 nitrogen and oxygen atoms in total. The Morgan fingerprint density at radius 3 is 2.85 bits per heavy atom. The van der Waals surface area contributed by atoms with Crippen molar-refractivity contribution in [2.45, 2.75) is 44.0 Å². The van der Waals surface area contributed by atoms with Gasteiger partial charge in [-0.3, -0.25) is 4.90 Å². The van der Waals surface area contributed by atoms with Gasteiger partial charge in [-0.15, -0.1) is 0 Å². The van der Waals surface area contributed by atoms with Crippen LogP contribution < -0.4 is 5.73 Å². The van der Waals surface area contributed by atoms with Crippen LogP contribution in [-0.4, -0.2) is 40.6 Å². The van der Waals surface area contributed by atoms with E-state index >= 15 is 0 Å². The number of benzene rings is 1. The number of halogens is 1. The van der Waals surface area contributed by atoms with Crippen molar-refractivity contribution in [3.05, 3.63) is 35.6 Å². The molecule has 2 rings (SSSR count). The molecule has 1 saturated heterocycles. The summed E-state index contributed by atoms with van der Waals surface area (Å²) in [5.41, 5.74) is 7.00. The third kappa shape index (κ3) is 3.35. The first-order valence-electron chi connectivity index (χ1n) is 7.29. The zero-order valence-corrected chi connectivity index (χ0v) is 13.4. The van der Waals surface area contributed by atoms with Crippen LogP contribution >= 0.6 is 11.8 Å². The summed E-state index contributed by atoms with van der Waals surface area (Å²) in [4.78, 5) is 2.51. The van der Waals surface area contributed by atoms with Crippen molar-refractivity contribution < 1.29 is 4.39 Å². The monoisotopic (exact) mass is 296 g/mol. The van der Waals surface area contributed by atoms with E-state index in [0.29, 0.717) is 17.8 Å². The summed E-state index contributed by atoms with van der Waals surface area (Å²) in [5.74, 6) is 0.974. The van der Waals surface area contributed by atoms with Crippen LogP contribution in [-0.2, 0) is 6.42 Å². The molecule has 0 saturated carbocycles. The van der Waals surface area contributed by atoms with E-state index in [0.717, 1.165) is 24.3 Å². The van der Waals surface area contributed by atoms with Crippen LogP contribution in [0.5, 0.6) is 0 Å². The van der Waals surface area contributed by atoms with Crippen molar-refractivity contribution in [3.8, 4) is 0 Å². The molecule has 2 N–H and O–H groups in total. The molecule has 20 heavy (non-hydrogen) atoms. The summed E-state index contributed by atoms with van der Waals surface area (Å²) in [7, 11) is 0. The smallest absolute Gasteiger partial charge is 0.123 e. The Morgan fingerprint density at radius 1 is 1.45 bits per heavy atom. The van der Waals surface area contributed by atoms with E-state index < -0.39 is 0 Å². The number of nitrogens with zero attached hydrogens (tertiary/aromatic N) is 1. The molecule has 1 aromatic carbocycles. The van der Waals surface area contributed by atoms with Gasteiger partial charge in [-0.2, -0.15) is 11.8 Å². The molecule has 0 radical (unpaired) electrons. The lowest BCUT2D eigenvalue weighted by atomic mass is 9.89. The Kier molecular flexibility index (Phi) is 5.10. The molecule has 1 aliphatic heterocycles. The first kappa shape index (κ1) is 15.8. The minimum Gasteiger partial charge on any atom is -0.329 e. The van der Waals surface area contributed by atoms with Crippen LogP contribution in [0.2, 0.25) is 0 Å². The fourth-order valence-electron chi connectivity index (χ4n) is 3.07. The molecule has 0 amide bonds. The molecule has 0 bridgehead atoms. The number of hydrogen-bond acceptors (Lipinski definition) is 3. The SMILES string of the molecule is CC1SCCN(C(C)(CN)Cc2cccc(F)c2)C1C. The van der Waals surface area contributed by atoms with Gasteiger partial charge in [0.05, 0.1) is 0 Å². The summed E-state index contributed by atoms with van der Waals surface area (Å²) in [6.07, 6.45) is 0.795. The molecule has 112 valence electrons. The van der Waals surface area contributed by atoms with E-state index in [4.69, 9.17) is 5.73 Å². The zero-order chi connectivity index (χ0) is 14.8. The molecule has 3 unspecified atom stereocenters. The molecule has 4 heteroatoms. The van der Waals surface area contributed by atoms with E-state index in [1.165, 1.54) is 6.07 Å². The van der Waals surface area contributed by atoms with Gasteiger partial charge < -0.3 is 5.73 Å². The minimum atomic E-state index is -0.169. The van der Waals surface area contributed by atoms with Gasteiger partial charge in [0, 0.05) is 35.7 Å². The van der Waals surface area contributed by atoms with Crippen LogP contribution in [0.25, 0.3) is 0 Å². The van der Waals surface area contributed by atoms with Crippen molar-refractivity contribution in [2.24, 2.45) is 5.73 Å². The van der Waals surface area contributed by atoms with Gasteiger partial charge in [-0.25, -0.2) is 4.39 Å². The second-order valence-corrected chi connectivity index (χ2v) is 7.50. The highest BCUT2D eigenvalue weighted by Gasteiger charge is 2.38. The van der Waals surface area contributed by atoms with Crippen LogP contribution in [0.1, 0.15) is 26.3 Å². The Morgan fingerprint density at radius 2 is 2.20 bits per heavy atom. The largest absolute Gasteiger partial charge is 0.329 e. The number of rotatable bonds is 4. The Hall–Kier alpha value is -0.580. The van der Waals surface area contributed by atoms with Crippen LogP contribution in [0, 0.1) is 5.82 Å². The van der Waals surface area contributed by atoms with Crippen molar-refractivity contribution in [1.29, 1.82) is 0 Å². The predicted molar refractivity (Wildman–Crippen MR) is 85.7 cm³/mol. The molecular formula is C16H25FN2S. The van der Waals surface area contributed by atoms with Crippen LogP contribution in [0.15, 0.2) is 24.3 Å². The molecule has 0 spiro atoms. The molecular weight excluding hydrogens is 271 g/mol. The average molecular weight is 296 g/mol. The summed E-state index contributed by atoms with van der Waals surface area (Å²) < 4.78 is 13.4. The van der Waals surface area contributed by atoms with Crippen molar-refractivity contribution in [3.63, 3.8) is 0 Å². The standard InChI is InChI=1S/C16H25FN2S/c1-12-13(2)20-8-7-19(12)16(3,11-18)10-14-5-4-6-15(17)9-14/h4-6,9,12-13H,7-8,10-11,18H2,1-3H3. The maximum atomic E-state index is 13.4. The molecule has 3 atom stereocenters. The highest BCUT2D eigenvalue weighted by atomic mass is 32.2. The van der Waals surface area contributed by atoms with E-state index in [2.05, 4.69) is 25.7 Å². The molecule has 1 heterocycles. The van der Waals surface area contributed by atoms with Crippen molar-refractivity contribution in [1.82, 2.24) is 4.90 Å². The van der Waals surface area contributed by atoms with Gasteiger partial charge in [-0.1, -0.05) is 19.1 Å². The van der Waals surface area contributed by atoms with Gasteiger partial charge in [0.15, 0.2) is 0 Å². The predicted octanol–water partition coefficient (Wildman–Crippen LogP) is 2.91. The number of nitrogens with two attached hydrogens (primary N) is 1. The Bertz CT molecular complexity index is 454. The van der Waals surface area contributed by atoms with E-state index in [1.807, 2.05) is 17.8 Å². The molecule has 0 aromatic heterocycles. The van der Waals surface area contributed by atoms with E-state index in [1.54, 1.807) is 12.1 Å². The Labute approximate surface area is 125 Å². The Balaban J connectivity index is 2.19. The number of thioether (sulfide) groups is 1. The number of hydrogen-bond donors (Lipinski definition) is 1. The van der Waals surface area contributed by atoms with Crippen LogP contribution in [0.4, 0.5) is 4.39 Å².